The van der Waals surface area contributed by atoms with E-state index in [4.69, 9.17) is 0 Å². The minimum Gasteiger partial charge on any atom is -0.316 e. The van der Waals surface area contributed by atoms with Gasteiger partial charge in [0.25, 0.3) is 0 Å². The summed E-state index contributed by atoms with van der Waals surface area (Å²) in [6.07, 6.45) is 6.57. The molecule has 1 aromatic carbocycles. The number of ketones is 1. The summed E-state index contributed by atoms with van der Waals surface area (Å²) < 4.78 is 0. The number of Topliss-reactive ketones (excluding diaryl/α,β-unsaturated/α-hetero) is 1. The third kappa shape index (κ3) is 2.38. The number of benzene rings is 1. The fraction of sp³-hybridized carbons (Fsp3) is 0.667. The van der Waals surface area contributed by atoms with Crippen LogP contribution in [0.25, 0.3) is 0 Å². The molecule has 0 heterocycles. The molecule has 0 aliphatic heterocycles. The minimum atomic E-state index is 0.178. The van der Waals surface area contributed by atoms with E-state index in [9.17, 15) is 4.79 Å². The summed E-state index contributed by atoms with van der Waals surface area (Å²) in [6, 6.07) is 6.55. The molecule has 23 heavy (non-hydrogen) atoms. The van der Waals surface area contributed by atoms with E-state index in [1.165, 1.54) is 43.2 Å². The smallest absolute Gasteiger partial charge is 0.166 e. The molecule has 3 aliphatic rings. The molecule has 2 fully saturated rings. The van der Waals surface area contributed by atoms with Gasteiger partial charge in [0.15, 0.2) is 5.78 Å². The Morgan fingerprint density at radius 2 is 2.04 bits per heavy atom. The summed E-state index contributed by atoms with van der Waals surface area (Å²) in [4.78, 5) is 13.2. The largest absolute Gasteiger partial charge is 0.316 e. The number of rotatable bonds is 4. The molecule has 1 unspecified atom stereocenters. The normalized spacial score (nSPS) is 36.0. The van der Waals surface area contributed by atoms with Gasteiger partial charge >= 0.3 is 0 Å². The molecule has 1 aromatic rings. The molecule has 4 rings (SSSR count). The summed E-state index contributed by atoms with van der Waals surface area (Å²) in [7, 11) is 1.98. The molecule has 0 saturated heterocycles. The molecule has 2 bridgehead atoms. The molecule has 2 nitrogen and oxygen atoms in total. The Morgan fingerprint density at radius 3 is 2.74 bits per heavy atom. The van der Waals surface area contributed by atoms with Crippen molar-refractivity contribution in [3.63, 3.8) is 0 Å². The first kappa shape index (κ1) is 15.4. The van der Waals surface area contributed by atoms with Gasteiger partial charge in [0, 0.05) is 18.0 Å². The number of hydrogen-bond acceptors (Lipinski definition) is 2. The van der Waals surface area contributed by atoms with Gasteiger partial charge in [0.2, 0.25) is 0 Å². The maximum absolute atomic E-state index is 13.2. The molecule has 0 spiro atoms. The summed E-state index contributed by atoms with van der Waals surface area (Å²) in [5, 5.41) is 3.23. The highest BCUT2D eigenvalue weighted by Crippen LogP contribution is 2.56. The van der Waals surface area contributed by atoms with Crippen molar-refractivity contribution in [2.24, 2.45) is 23.7 Å². The van der Waals surface area contributed by atoms with Crippen molar-refractivity contribution in [2.75, 3.05) is 7.05 Å². The van der Waals surface area contributed by atoms with Crippen molar-refractivity contribution in [1.82, 2.24) is 5.32 Å². The standard InChI is InChI=1S/C21H29NO/c1-13-19-16(10-14-4-5-14)8-9-21(13,2)18-11-15(12-22-3)6-7-17(18)20(19)23/h6-7,11,13-14,16,19,22H,4-5,8-10,12H2,1-3H3/t13-,16?,19+,21+/m0/s1. The Balaban J connectivity index is 1.74. The van der Waals surface area contributed by atoms with Crippen LogP contribution in [0.4, 0.5) is 0 Å². The molecule has 2 saturated carbocycles. The molecule has 124 valence electrons. The Labute approximate surface area is 140 Å². The van der Waals surface area contributed by atoms with Crippen molar-refractivity contribution < 1.29 is 4.79 Å². The van der Waals surface area contributed by atoms with Gasteiger partial charge in [0.05, 0.1) is 0 Å². The van der Waals surface area contributed by atoms with Crippen LogP contribution in [0.5, 0.6) is 0 Å². The van der Waals surface area contributed by atoms with Gasteiger partial charge in [-0.25, -0.2) is 0 Å². The van der Waals surface area contributed by atoms with E-state index < -0.39 is 0 Å². The van der Waals surface area contributed by atoms with Crippen LogP contribution in [0, 0.1) is 23.7 Å². The molecule has 2 heteroatoms. The molecular formula is C21H29NO. The van der Waals surface area contributed by atoms with Crippen molar-refractivity contribution >= 4 is 5.78 Å². The monoisotopic (exact) mass is 311 g/mol. The predicted octanol–water partition coefficient (Wildman–Crippen LogP) is 4.32. The number of carbonyl (C=O) groups excluding carboxylic acids is 1. The highest BCUT2D eigenvalue weighted by atomic mass is 16.1. The minimum absolute atomic E-state index is 0.178. The summed E-state index contributed by atoms with van der Waals surface area (Å²) >= 11 is 0. The Kier molecular flexibility index (Phi) is 3.64. The highest BCUT2D eigenvalue weighted by Gasteiger charge is 2.53. The average Bonchev–Trinajstić information content (AvgIpc) is 3.34. The lowest BCUT2D eigenvalue weighted by atomic mass is 9.51. The molecular weight excluding hydrogens is 282 g/mol. The molecule has 0 aromatic heterocycles. The van der Waals surface area contributed by atoms with E-state index in [1.807, 2.05) is 7.05 Å². The van der Waals surface area contributed by atoms with Crippen LogP contribution in [-0.4, -0.2) is 12.8 Å². The molecule has 0 radical (unpaired) electrons. The zero-order valence-electron chi connectivity index (χ0n) is 14.7. The van der Waals surface area contributed by atoms with Crippen molar-refractivity contribution in [1.29, 1.82) is 0 Å². The van der Waals surface area contributed by atoms with Gasteiger partial charge in [-0.05, 0) is 60.6 Å². The maximum atomic E-state index is 13.2. The second-order valence-corrected chi connectivity index (χ2v) is 8.48. The second kappa shape index (κ2) is 5.44. The number of hydrogen-bond donors (Lipinski definition) is 1. The molecule has 3 aliphatic carbocycles. The van der Waals surface area contributed by atoms with E-state index in [0.29, 0.717) is 17.6 Å². The van der Waals surface area contributed by atoms with Crippen LogP contribution >= 0.6 is 0 Å². The van der Waals surface area contributed by atoms with Crippen molar-refractivity contribution in [3.8, 4) is 0 Å². The van der Waals surface area contributed by atoms with E-state index in [2.05, 4.69) is 37.4 Å². The lowest BCUT2D eigenvalue weighted by Crippen LogP contribution is -2.51. The number of nitrogens with one attached hydrogen (secondary N) is 1. The summed E-state index contributed by atoms with van der Waals surface area (Å²) in [5.41, 5.74) is 3.82. The van der Waals surface area contributed by atoms with Gasteiger partial charge in [-0.3, -0.25) is 4.79 Å². The third-order valence-corrected chi connectivity index (χ3v) is 7.07. The van der Waals surface area contributed by atoms with Gasteiger partial charge in [-0.2, -0.15) is 0 Å². The van der Waals surface area contributed by atoms with E-state index in [1.54, 1.807) is 0 Å². The van der Waals surface area contributed by atoms with Crippen molar-refractivity contribution in [2.45, 2.75) is 57.9 Å². The zero-order valence-corrected chi connectivity index (χ0v) is 14.7. The first-order chi connectivity index (χ1) is 11.0. The predicted molar refractivity (Wildman–Crippen MR) is 93.6 cm³/mol. The summed E-state index contributed by atoms with van der Waals surface area (Å²) in [5.74, 6) is 2.72. The van der Waals surface area contributed by atoms with Gasteiger partial charge in [-0.15, -0.1) is 0 Å². The molecule has 1 N–H and O–H groups in total. The van der Waals surface area contributed by atoms with Crippen LogP contribution in [-0.2, 0) is 12.0 Å². The van der Waals surface area contributed by atoms with Crippen LogP contribution in [0.3, 0.4) is 0 Å². The fourth-order valence-electron chi connectivity index (χ4n) is 5.34. The lowest BCUT2D eigenvalue weighted by Gasteiger charge is -2.52. The lowest BCUT2D eigenvalue weighted by molar-refractivity contribution is 0.0435. The summed E-state index contributed by atoms with van der Waals surface area (Å²) in [6.45, 7) is 5.63. The second-order valence-electron chi connectivity index (χ2n) is 8.48. The molecule has 0 amide bonds. The first-order valence-corrected chi connectivity index (χ1v) is 9.37. The topological polar surface area (TPSA) is 29.1 Å². The van der Waals surface area contributed by atoms with Gasteiger partial charge < -0.3 is 5.32 Å². The number of fused-ring (bicyclic) bond motifs is 4. The van der Waals surface area contributed by atoms with Crippen LogP contribution in [0.2, 0.25) is 0 Å². The SMILES string of the molecule is CNCc1ccc2c(c1)[C@]1(C)CCC(CC3CC3)[C@H](C2=O)[C@@H]1C. The van der Waals surface area contributed by atoms with Crippen LogP contribution in [0.15, 0.2) is 18.2 Å². The van der Waals surface area contributed by atoms with Crippen molar-refractivity contribution in [3.05, 3.63) is 34.9 Å². The maximum Gasteiger partial charge on any atom is 0.166 e. The average molecular weight is 311 g/mol. The van der Waals surface area contributed by atoms with Gasteiger partial charge in [0.1, 0.15) is 0 Å². The zero-order chi connectivity index (χ0) is 16.2. The van der Waals surface area contributed by atoms with E-state index >= 15 is 0 Å². The van der Waals surface area contributed by atoms with Gasteiger partial charge in [-0.1, -0.05) is 44.9 Å². The Morgan fingerprint density at radius 1 is 1.26 bits per heavy atom. The molecule has 4 atom stereocenters. The Bertz CT molecular complexity index is 633. The van der Waals surface area contributed by atoms with Crippen LogP contribution in [0.1, 0.15) is 67.4 Å². The van der Waals surface area contributed by atoms with E-state index in [0.717, 1.165) is 18.0 Å². The Hall–Kier alpha value is -1.15. The van der Waals surface area contributed by atoms with Crippen LogP contribution < -0.4 is 5.32 Å². The van der Waals surface area contributed by atoms with E-state index in [-0.39, 0.29) is 11.3 Å². The highest BCUT2D eigenvalue weighted by molar-refractivity contribution is 6.01. The third-order valence-electron chi connectivity index (χ3n) is 7.07. The number of carbonyl (C=O) groups is 1. The fourth-order valence-corrected chi connectivity index (χ4v) is 5.34. The quantitative estimate of drug-likeness (QED) is 0.897. The first-order valence-electron chi connectivity index (χ1n) is 9.37.